The zero-order valence-electron chi connectivity index (χ0n) is 25.7. The monoisotopic (exact) mass is 676 g/mol. The van der Waals surface area contributed by atoms with Crippen LogP contribution in [-0.2, 0) is 17.9 Å². The normalized spacial score (nSPS) is 10.8. The van der Waals surface area contributed by atoms with Crippen LogP contribution in [0.2, 0.25) is 5.02 Å². The topological polar surface area (TPSA) is 33.4 Å². The van der Waals surface area contributed by atoms with Crippen molar-refractivity contribution >= 4 is 34.5 Å². The number of halogens is 2. The first-order valence-corrected chi connectivity index (χ1v) is 17.1. The Labute approximate surface area is 274 Å². The molecule has 0 unspecified atom stereocenters. The maximum Gasteiger partial charge on any atom is 0.224 e. The molecule has 0 saturated carbocycles. The third-order valence-corrected chi connectivity index (χ3v) is 8.55. The van der Waals surface area contributed by atoms with E-state index >= 15 is 0 Å². The molecule has 0 bridgehead atoms. The molecule has 0 N–H and O–H groups in total. The average molecular weight is 678 g/mol. The fourth-order valence-corrected chi connectivity index (χ4v) is 6.05. The van der Waals surface area contributed by atoms with Gasteiger partial charge >= 0.3 is 0 Å². The summed E-state index contributed by atoms with van der Waals surface area (Å²) >= 11 is 8.25. The van der Waals surface area contributed by atoms with Crippen molar-refractivity contribution in [3.05, 3.63) is 75.7 Å². The lowest BCUT2D eigenvalue weighted by Crippen LogP contribution is -3.00. The molecule has 4 nitrogen and oxygen atoms in total. The molecule has 3 rings (SSSR count). The molecular weight excluding hydrogens is 628 g/mol. The Morgan fingerprint density at radius 3 is 2.07 bits per heavy atom. The predicted molar refractivity (Wildman–Crippen MR) is 174 cm³/mol. The fourth-order valence-electron chi connectivity index (χ4n) is 5.19. The quantitative estimate of drug-likeness (QED) is 0.0887. The second kappa shape index (κ2) is 21.7. The van der Waals surface area contributed by atoms with Crippen LogP contribution in [0.4, 0.5) is 5.69 Å². The minimum atomic E-state index is -0.000380. The van der Waals surface area contributed by atoms with Crippen LogP contribution in [0.15, 0.2) is 59.6 Å². The molecule has 0 aliphatic rings. The van der Waals surface area contributed by atoms with E-state index in [9.17, 15) is 4.79 Å². The van der Waals surface area contributed by atoms with Gasteiger partial charge in [-0.05, 0) is 36.2 Å². The Morgan fingerprint density at radius 1 is 0.857 bits per heavy atom. The van der Waals surface area contributed by atoms with E-state index < -0.39 is 0 Å². The number of carbonyl (C=O) groups excluding carboxylic acids is 1. The highest BCUT2D eigenvalue weighted by Crippen LogP contribution is 2.28. The summed E-state index contributed by atoms with van der Waals surface area (Å²) in [6, 6.07) is 14.0. The first-order chi connectivity index (χ1) is 20.1. The van der Waals surface area contributed by atoms with Gasteiger partial charge in [0.05, 0.1) is 23.6 Å². The number of hydrogen-bond acceptors (Lipinski definition) is 3. The number of amides is 1. The number of nitrogens with zero attached hydrogens (tertiary/aromatic N) is 2. The zero-order valence-corrected chi connectivity index (χ0v) is 28.8. The summed E-state index contributed by atoms with van der Waals surface area (Å²) in [5, 5.41) is 2.65. The molecular formula is C35H50BrClN2O2S. The van der Waals surface area contributed by atoms with Gasteiger partial charge in [0.1, 0.15) is 5.75 Å². The summed E-state index contributed by atoms with van der Waals surface area (Å²) in [5.41, 5.74) is 5.11. The van der Waals surface area contributed by atoms with Crippen LogP contribution in [0.1, 0.15) is 115 Å². The number of rotatable bonds is 21. The van der Waals surface area contributed by atoms with E-state index in [1.54, 1.807) is 23.2 Å². The van der Waals surface area contributed by atoms with Gasteiger partial charge in [0.15, 0.2) is 12.7 Å². The molecule has 0 fully saturated rings. The molecule has 1 amide bonds. The Balaban J connectivity index is 0.00000616. The van der Waals surface area contributed by atoms with Crippen LogP contribution in [0.25, 0.3) is 0 Å². The maximum absolute atomic E-state index is 12.6. The van der Waals surface area contributed by atoms with Gasteiger partial charge in [0.2, 0.25) is 11.4 Å². The smallest absolute Gasteiger partial charge is 0.224 e. The molecule has 7 heteroatoms. The largest absolute Gasteiger partial charge is 1.00 e. The fraction of sp³-hybridized carbons (Fsp3) is 0.543. The minimum Gasteiger partial charge on any atom is -1.00 e. The molecule has 0 atom stereocenters. The summed E-state index contributed by atoms with van der Waals surface area (Å²) in [7, 11) is 0. The van der Waals surface area contributed by atoms with Gasteiger partial charge in [-0.25, -0.2) is 0 Å². The van der Waals surface area contributed by atoms with Gasteiger partial charge in [-0.2, -0.15) is 4.57 Å². The molecule has 232 valence electrons. The van der Waals surface area contributed by atoms with E-state index in [1.807, 2.05) is 30.3 Å². The van der Waals surface area contributed by atoms with Crippen molar-refractivity contribution in [2.45, 2.75) is 117 Å². The van der Waals surface area contributed by atoms with E-state index in [0.29, 0.717) is 23.9 Å². The van der Waals surface area contributed by atoms with Crippen molar-refractivity contribution in [1.82, 2.24) is 0 Å². The Kier molecular flexibility index (Phi) is 18.8. The molecule has 2 aromatic carbocycles. The SMILES string of the molecule is CCCCCCCCCCCCCCCCOc1ccc(CN(C(C)=O)c2cccc(C[n+]3ccsc3)c2)cc1Cl.[Br-]. The highest BCUT2D eigenvalue weighted by atomic mass is 79.9. The van der Waals surface area contributed by atoms with E-state index in [2.05, 4.69) is 40.7 Å². The molecule has 0 saturated heterocycles. The summed E-state index contributed by atoms with van der Waals surface area (Å²) in [6.45, 7) is 5.81. The molecule has 42 heavy (non-hydrogen) atoms. The van der Waals surface area contributed by atoms with Crippen molar-refractivity contribution in [2.24, 2.45) is 0 Å². The summed E-state index contributed by atoms with van der Waals surface area (Å²) in [6.07, 6.45) is 20.9. The average Bonchev–Trinajstić information content (AvgIpc) is 3.48. The lowest BCUT2D eigenvalue weighted by atomic mass is 10.0. The van der Waals surface area contributed by atoms with Gasteiger partial charge < -0.3 is 26.6 Å². The van der Waals surface area contributed by atoms with Crippen molar-refractivity contribution in [1.29, 1.82) is 0 Å². The molecule has 3 aromatic rings. The Morgan fingerprint density at radius 2 is 1.50 bits per heavy atom. The standard InChI is InChI=1S/C35H50ClN2O2S.BrH/c1-3-4-5-6-7-8-9-10-11-12-13-14-15-16-23-40-35-21-20-32(26-34(35)36)28-38(30(2)39)33-19-17-18-31(25-33)27-37-22-24-41-29-37;/h17-22,24-26,29H,3-16,23,27-28H2,1-2H3;1H/q+1;/p-1. The van der Waals surface area contributed by atoms with Crippen molar-refractivity contribution in [3.8, 4) is 5.75 Å². The van der Waals surface area contributed by atoms with Gasteiger partial charge in [-0.15, -0.1) is 0 Å². The molecule has 0 radical (unpaired) electrons. The van der Waals surface area contributed by atoms with Crippen LogP contribution >= 0.6 is 22.9 Å². The summed E-state index contributed by atoms with van der Waals surface area (Å²) in [4.78, 5) is 14.4. The Bertz CT molecular complexity index is 1140. The van der Waals surface area contributed by atoms with Crippen molar-refractivity contribution in [3.63, 3.8) is 0 Å². The van der Waals surface area contributed by atoms with Crippen LogP contribution in [0.5, 0.6) is 5.75 Å². The van der Waals surface area contributed by atoms with Crippen molar-refractivity contribution in [2.75, 3.05) is 11.5 Å². The van der Waals surface area contributed by atoms with Crippen LogP contribution in [0, 0.1) is 0 Å². The van der Waals surface area contributed by atoms with Gasteiger partial charge in [0.25, 0.3) is 0 Å². The number of thiazole rings is 1. The second-order valence-electron chi connectivity index (χ2n) is 11.2. The lowest BCUT2D eigenvalue weighted by molar-refractivity contribution is -0.683. The number of benzene rings is 2. The third kappa shape index (κ3) is 14.1. The molecule has 1 aromatic heterocycles. The molecule has 1 heterocycles. The highest BCUT2D eigenvalue weighted by molar-refractivity contribution is 7.07. The summed E-state index contributed by atoms with van der Waals surface area (Å²) < 4.78 is 8.13. The number of unbranched alkanes of at least 4 members (excludes halogenated alkanes) is 13. The number of anilines is 1. The summed E-state index contributed by atoms with van der Waals surface area (Å²) in [5.74, 6) is 0.717. The predicted octanol–water partition coefficient (Wildman–Crippen LogP) is 7.15. The first kappa shape index (κ1) is 36.3. The van der Waals surface area contributed by atoms with Crippen LogP contribution in [0.3, 0.4) is 0 Å². The highest BCUT2D eigenvalue weighted by Gasteiger charge is 2.15. The van der Waals surface area contributed by atoms with Crippen LogP contribution in [-0.4, -0.2) is 12.5 Å². The third-order valence-electron chi connectivity index (χ3n) is 7.59. The lowest BCUT2D eigenvalue weighted by Gasteiger charge is -2.22. The van der Waals surface area contributed by atoms with E-state index in [0.717, 1.165) is 29.8 Å². The van der Waals surface area contributed by atoms with E-state index in [1.165, 1.54) is 83.5 Å². The van der Waals surface area contributed by atoms with E-state index in [4.69, 9.17) is 16.3 Å². The molecule has 0 spiro atoms. The van der Waals surface area contributed by atoms with Gasteiger partial charge in [0, 0.05) is 18.2 Å². The Hall–Kier alpha value is -1.89. The van der Waals surface area contributed by atoms with E-state index in [-0.39, 0.29) is 22.9 Å². The van der Waals surface area contributed by atoms with Crippen LogP contribution < -0.4 is 31.2 Å². The minimum absolute atomic E-state index is 0. The zero-order chi connectivity index (χ0) is 29.1. The van der Waals surface area contributed by atoms with Gasteiger partial charge in [-0.1, -0.05) is 132 Å². The van der Waals surface area contributed by atoms with Crippen molar-refractivity contribution < 1.29 is 31.1 Å². The number of carbonyl (C=O) groups is 1. The number of ether oxygens (including phenoxy) is 1. The first-order valence-electron chi connectivity index (χ1n) is 15.8. The maximum atomic E-state index is 12.6. The van der Waals surface area contributed by atoms with Gasteiger partial charge in [-0.3, -0.25) is 4.79 Å². The molecule has 0 aliphatic carbocycles. The second-order valence-corrected chi connectivity index (χ2v) is 12.3. The molecule has 0 aliphatic heterocycles. The number of aromatic nitrogens is 1. The number of hydrogen-bond donors (Lipinski definition) is 0.